The Labute approximate surface area is 180 Å². The number of halogens is 1. The van der Waals surface area contributed by atoms with Gasteiger partial charge in [0, 0.05) is 37.9 Å². The molecule has 9 heteroatoms. The lowest BCUT2D eigenvalue weighted by Crippen LogP contribution is -2.45. The molecule has 4 rings (SSSR count). The van der Waals surface area contributed by atoms with Gasteiger partial charge in [-0.05, 0) is 57.2 Å². The molecule has 0 saturated heterocycles. The lowest BCUT2D eigenvalue weighted by atomic mass is 9.81. The molecule has 0 radical (unpaired) electrons. The zero-order valence-electron chi connectivity index (χ0n) is 18.4. The Morgan fingerprint density at radius 3 is 2.84 bits per heavy atom. The standard InChI is InChI=1S/C22H29FN6O2/c1-12-8-18-16(11-17(12)23)20-26-19(27-29(20)22(24)25-18)7-5-6-13(2)28(3)21(30)14-9-15(10-14)31-4/h8,11,13-15H,5-7,9-10H2,1-4H3,(H2,24,25)/t13-,14?,15?/m0/s1. The minimum Gasteiger partial charge on any atom is -0.381 e. The van der Waals surface area contributed by atoms with Crippen LogP contribution >= 0.6 is 0 Å². The highest BCUT2D eigenvalue weighted by Gasteiger charge is 2.36. The lowest BCUT2D eigenvalue weighted by molar-refractivity contribution is -0.144. The first-order chi connectivity index (χ1) is 14.8. The first kappa shape index (κ1) is 21.4. The Bertz CT molecular complexity index is 1120. The van der Waals surface area contributed by atoms with Gasteiger partial charge in [0.1, 0.15) is 5.82 Å². The third-order valence-corrected chi connectivity index (χ3v) is 6.43. The Morgan fingerprint density at radius 1 is 1.39 bits per heavy atom. The Morgan fingerprint density at radius 2 is 2.13 bits per heavy atom. The Kier molecular flexibility index (Phi) is 5.79. The van der Waals surface area contributed by atoms with Crippen molar-refractivity contribution in [2.75, 3.05) is 19.9 Å². The molecule has 1 aliphatic carbocycles. The number of aryl methyl sites for hydroxylation is 2. The van der Waals surface area contributed by atoms with Gasteiger partial charge in [-0.1, -0.05) is 0 Å². The van der Waals surface area contributed by atoms with Gasteiger partial charge >= 0.3 is 0 Å². The zero-order chi connectivity index (χ0) is 22.3. The summed E-state index contributed by atoms with van der Waals surface area (Å²) in [5.41, 5.74) is 7.66. The molecule has 1 saturated carbocycles. The molecule has 31 heavy (non-hydrogen) atoms. The summed E-state index contributed by atoms with van der Waals surface area (Å²) in [5.74, 6) is 0.806. The van der Waals surface area contributed by atoms with E-state index in [1.807, 2.05) is 11.9 Å². The van der Waals surface area contributed by atoms with Crippen LogP contribution in [0.3, 0.4) is 0 Å². The molecule has 3 aromatic rings. The summed E-state index contributed by atoms with van der Waals surface area (Å²) < 4.78 is 20.8. The number of carbonyl (C=O) groups is 1. The van der Waals surface area contributed by atoms with Gasteiger partial charge in [0.05, 0.1) is 11.6 Å². The highest BCUT2D eigenvalue weighted by Crippen LogP contribution is 2.31. The first-order valence-electron chi connectivity index (χ1n) is 10.7. The third kappa shape index (κ3) is 4.06. The number of nitrogens with two attached hydrogens (primary N) is 1. The summed E-state index contributed by atoms with van der Waals surface area (Å²) in [5, 5.41) is 5.05. The number of fused-ring (bicyclic) bond motifs is 3. The van der Waals surface area contributed by atoms with Gasteiger partial charge in [0.2, 0.25) is 11.9 Å². The van der Waals surface area contributed by atoms with E-state index in [0.29, 0.717) is 34.4 Å². The summed E-state index contributed by atoms with van der Waals surface area (Å²) in [7, 11) is 3.56. The van der Waals surface area contributed by atoms with Crippen LogP contribution in [0.2, 0.25) is 0 Å². The largest absolute Gasteiger partial charge is 0.381 e. The van der Waals surface area contributed by atoms with E-state index in [4.69, 9.17) is 10.5 Å². The number of ether oxygens (including phenoxy) is 1. The minimum atomic E-state index is -0.310. The van der Waals surface area contributed by atoms with Crippen molar-refractivity contribution in [3.63, 3.8) is 0 Å². The van der Waals surface area contributed by atoms with E-state index in [2.05, 4.69) is 22.0 Å². The normalized spacial score (nSPS) is 19.5. The van der Waals surface area contributed by atoms with Crippen molar-refractivity contribution >= 4 is 28.4 Å². The van der Waals surface area contributed by atoms with Gasteiger partial charge < -0.3 is 15.4 Å². The number of hydrogen-bond donors (Lipinski definition) is 1. The predicted molar refractivity (Wildman–Crippen MR) is 116 cm³/mol. The van der Waals surface area contributed by atoms with E-state index >= 15 is 0 Å². The summed E-state index contributed by atoms with van der Waals surface area (Å²) in [4.78, 5) is 23.3. The van der Waals surface area contributed by atoms with E-state index in [0.717, 1.165) is 25.7 Å². The molecule has 0 bridgehead atoms. The fraction of sp³-hybridized carbons (Fsp3) is 0.545. The van der Waals surface area contributed by atoms with E-state index in [1.165, 1.54) is 10.6 Å². The van der Waals surface area contributed by atoms with E-state index in [1.54, 1.807) is 20.1 Å². The number of aromatic nitrogens is 4. The number of rotatable bonds is 7. The molecule has 8 nitrogen and oxygen atoms in total. The molecular formula is C22H29FN6O2. The van der Waals surface area contributed by atoms with Crippen LogP contribution in [0.5, 0.6) is 0 Å². The van der Waals surface area contributed by atoms with Crippen LogP contribution in [-0.4, -0.2) is 56.7 Å². The summed E-state index contributed by atoms with van der Waals surface area (Å²) in [6.07, 6.45) is 4.12. The van der Waals surface area contributed by atoms with Gasteiger partial charge in [-0.3, -0.25) is 4.79 Å². The van der Waals surface area contributed by atoms with Crippen molar-refractivity contribution in [3.05, 3.63) is 29.3 Å². The number of anilines is 1. The van der Waals surface area contributed by atoms with Gasteiger partial charge in [-0.15, -0.1) is 5.10 Å². The van der Waals surface area contributed by atoms with Gasteiger partial charge in [-0.25, -0.2) is 14.4 Å². The molecule has 2 N–H and O–H groups in total. The number of benzene rings is 1. The summed E-state index contributed by atoms with van der Waals surface area (Å²) in [6.45, 7) is 3.75. The molecule has 1 amide bonds. The van der Waals surface area contributed by atoms with Crippen LogP contribution < -0.4 is 5.73 Å². The number of nitrogen functional groups attached to an aromatic ring is 1. The second-order valence-electron chi connectivity index (χ2n) is 8.57. The number of methoxy groups -OCH3 is 1. The molecule has 2 aromatic heterocycles. The van der Waals surface area contributed by atoms with Crippen LogP contribution in [-0.2, 0) is 16.0 Å². The minimum absolute atomic E-state index is 0.0743. The Hall–Kier alpha value is -2.81. The van der Waals surface area contributed by atoms with Crippen LogP contribution in [0.25, 0.3) is 16.6 Å². The van der Waals surface area contributed by atoms with Crippen molar-refractivity contribution in [2.45, 2.75) is 58.1 Å². The van der Waals surface area contributed by atoms with Gasteiger partial charge in [-0.2, -0.15) is 4.52 Å². The second kappa shape index (κ2) is 8.37. The fourth-order valence-corrected chi connectivity index (χ4v) is 4.12. The van der Waals surface area contributed by atoms with Crippen LogP contribution in [0, 0.1) is 18.7 Å². The first-order valence-corrected chi connectivity index (χ1v) is 10.7. The highest BCUT2D eigenvalue weighted by atomic mass is 19.1. The molecule has 0 unspecified atom stereocenters. The smallest absolute Gasteiger partial charge is 0.225 e. The summed E-state index contributed by atoms with van der Waals surface area (Å²) >= 11 is 0. The topological polar surface area (TPSA) is 98.6 Å². The quantitative estimate of drug-likeness (QED) is 0.621. The molecule has 1 aliphatic rings. The molecule has 0 aliphatic heterocycles. The van der Waals surface area contributed by atoms with Gasteiger partial charge in [0.15, 0.2) is 11.5 Å². The predicted octanol–water partition coefficient (Wildman–Crippen LogP) is 2.90. The van der Waals surface area contributed by atoms with Crippen molar-refractivity contribution in [3.8, 4) is 0 Å². The van der Waals surface area contributed by atoms with Crippen molar-refractivity contribution in [1.29, 1.82) is 0 Å². The second-order valence-corrected chi connectivity index (χ2v) is 8.57. The SMILES string of the molecule is COC1CC(C(=O)N(C)[C@@H](C)CCCc2nc3c4cc(F)c(C)cc4nc(N)n3n2)C1. The fourth-order valence-electron chi connectivity index (χ4n) is 4.12. The molecule has 1 aromatic carbocycles. The van der Waals surface area contributed by atoms with Crippen molar-refractivity contribution in [2.24, 2.45) is 5.92 Å². The van der Waals surface area contributed by atoms with Crippen LogP contribution in [0.1, 0.15) is 44.0 Å². The average molecular weight is 429 g/mol. The zero-order valence-corrected chi connectivity index (χ0v) is 18.4. The third-order valence-electron chi connectivity index (χ3n) is 6.43. The Balaban J connectivity index is 1.41. The number of carbonyl (C=O) groups excluding carboxylic acids is 1. The van der Waals surface area contributed by atoms with Gasteiger partial charge in [0.25, 0.3) is 0 Å². The highest BCUT2D eigenvalue weighted by molar-refractivity contribution is 5.92. The number of hydrogen-bond acceptors (Lipinski definition) is 6. The maximum Gasteiger partial charge on any atom is 0.225 e. The molecular weight excluding hydrogens is 399 g/mol. The van der Waals surface area contributed by atoms with Crippen LogP contribution in [0.4, 0.5) is 10.3 Å². The number of amides is 1. The maximum atomic E-state index is 14.1. The molecule has 166 valence electrons. The summed E-state index contributed by atoms with van der Waals surface area (Å²) in [6, 6.07) is 3.22. The monoisotopic (exact) mass is 428 g/mol. The van der Waals surface area contributed by atoms with Crippen LogP contribution in [0.15, 0.2) is 12.1 Å². The molecule has 1 atom stereocenters. The molecule has 1 fully saturated rings. The number of nitrogens with zero attached hydrogens (tertiary/aromatic N) is 5. The van der Waals surface area contributed by atoms with Crippen molar-refractivity contribution < 1.29 is 13.9 Å². The molecule has 0 spiro atoms. The average Bonchev–Trinajstić information content (AvgIpc) is 3.13. The maximum absolute atomic E-state index is 14.1. The molecule has 2 heterocycles. The van der Waals surface area contributed by atoms with E-state index in [9.17, 15) is 9.18 Å². The van der Waals surface area contributed by atoms with Crippen molar-refractivity contribution in [1.82, 2.24) is 24.5 Å². The van der Waals surface area contributed by atoms with E-state index in [-0.39, 0.29) is 35.7 Å². The van der Waals surface area contributed by atoms with E-state index < -0.39 is 0 Å². The lowest BCUT2D eigenvalue weighted by Gasteiger charge is -2.37.